The molecule has 1 heteroatoms. The lowest BCUT2D eigenvalue weighted by atomic mass is 9.79. The third-order valence-electron chi connectivity index (χ3n) is 4.48. The summed E-state index contributed by atoms with van der Waals surface area (Å²) in [7, 11) is 0. The van der Waals surface area contributed by atoms with Crippen LogP contribution in [0.2, 0.25) is 0 Å². The van der Waals surface area contributed by atoms with Gasteiger partial charge in [0.15, 0.2) is 0 Å². The molecule has 28 heavy (non-hydrogen) atoms. The lowest BCUT2D eigenvalue weighted by Crippen LogP contribution is -2.13. The molecule has 0 saturated heterocycles. The molecule has 0 aromatic heterocycles. The van der Waals surface area contributed by atoms with Crippen LogP contribution in [-0.2, 0) is 6.42 Å². The van der Waals surface area contributed by atoms with Gasteiger partial charge in [-0.3, -0.25) is 0 Å². The number of benzene rings is 1. The van der Waals surface area contributed by atoms with Crippen molar-refractivity contribution < 1.29 is 0 Å². The highest BCUT2D eigenvalue weighted by Gasteiger charge is 2.20. The first-order chi connectivity index (χ1) is 12.8. The maximum Gasteiger partial charge on any atom is -0.0132 e. The van der Waals surface area contributed by atoms with Gasteiger partial charge in [0.2, 0.25) is 0 Å². The molecule has 154 valence electrons. The topological polar surface area (TPSA) is 26.0 Å². The van der Waals surface area contributed by atoms with Gasteiger partial charge in [-0.25, -0.2) is 0 Å². The second-order valence-corrected chi connectivity index (χ2v) is 9.28. The summed E-state index contributed by atoms with van der Waals surface area (Å²) in [5, 5.41) is 0. The van der Waals surface area contributed by atoms with E-state index in [0.29, 0.717) is 0 Å². The Balaban J connectivity index is 0.00000227. The van der Waals surface area contributed by atoms with Crippen LogP contribution in [0.15, 0.2) is 85.1 Å². The third kappa shape index (κ3) is 10.2. The fourth-order valence-corrected chi connectivity index (χ4v) is 2.58. The van der Waals surface area contributed by atoms with Crippen molar-refractivity contribution in [3.05, 3.63) is 96.3 Å². The zero-order chi connectivity index (χ0) is 22.0. The van der Waals surface area contributed by atoms with Crippen molar-refractivity contribution in [3.8, 4) is 0 Å². The Morgan fingerprint density at radius 2 is 1.36 bits per heavy atom. The summed E-state index contributed by atoms with van der Waals surface area (Å²) in [5.74, 6) is 0. The average Bonchev–Trinajstić information content (AvgIpc) is 2.56. The number of hydrogen-bond acceptors (Lipinski definition) is 1. The number of aryl methyl sites for hydroxylation is 2. The predicted octanol–water partition coefficient (Wildman–Crippen LogP) is 7.70. The predicted molar refractivity (Wildman–Crippen MR) is 128 cm³/mol. The van der Waals surface area contributed by atoms with Gasteiger partial charge in [-0.15, -0.1) is 0 Å². The monoisotopic (exact) mass is 379 g/mol. The Morgan fingerprint density at radius 3 is 1.75 bits per heavy atom. The van der Waals surface area contributed by atoms with Gasteiger partial charge in [0, 0.05) is 0 Å². The first-order valence-corrected chi connectivity index (χ1v) is 9.98. The Morgan fingerprint density at radius 1 is 0.893 bits per heavy atom. The molecule has 0 fully saturated rings. The molecule has 1 aromatic rings. The van der Waals surface area contributed by atoms with E-state index in [4.69, 9.17) is 0 Å². The van der Waals surface area contributed by atoms with Crippen molar-refractivity contribution in [2.24, 2.45) is 16.6 Å². The first kappa shape index (κ1) is 25.7. The van der Waals surface area contributed by atoms with Gasteiger partial charge in [-0.2, -0.15) is 0 Å². The Kier molecular flexibility index (Phi) is 10.6. The van der Waals surface area contributed by atoms with E-state index >= 15 is 0 Å². The van der Waals surface area contributed by atoms with E-state index in [2.05, 4.69) is 110 Å². The summed E-state index contributed by atoms with van der Waals surface area (Å²) in [5.41, 5.74) is 11.2. The van der Waals surface area contributed by atoms with Crippen LogP contribution >= 0.6 is 0 Å². The standard InChI is InChI=1S/C25H36.C2H5N/c1-10-22(24(4,5)6)18-23(25(7,8)9)17-20(3)13-16-21-14-11-19(2)12-15-21;1-2-3/h10-12,14-15,17-18H,1,3,13,16H2,2,4-9H3;2H,1,3H2/b22-18+,23-17+;. The number of rotatable bonds is 6. The number of nitrogens with two attached hydrogens (primary N) is 1. The largest absolute Gasteiger partial charge is 0.405 e. The SMILES string of the molecule is C=C/C(=C\C(=C/C(=C)CCc1ccc(C)cc1)C(C)(C)C)C(C)(C)C.C=CN. The van der Waals surface area contributed by atoms with E-state index in [1.54, 1.807) is 0 Å². The van der Waals surface area contributed by atoms with E-state index in [-0.39, 0.29) is 10.8 Å². The van der Waals surface area contributed by atoms with Crippen molar-refractivity contribution in [1.82, 2.24) is 0 Å². The molecule has 0 unspecified atom stereocenters. The summed E-state index contributed by atoms with van der Waals surface area (Å²) < 4.78 is 0. The summed E-state index contributed by atoms with van der Waals surface area (Å²) >= 11 is 0. The maximum absolute atomic E-state index is 4.61. The van der Waals surface area contributed by atoms with E-state index in [9.17, 15) is 0 Å². The highest BCUT2D eigenvalue weighted by Crippen LogP contribution is 2.33. The van der Waals surface area contributed by atoms with Crippen LogP contribution in [0.1, 0.15) is 59.1 Å². The molecule has 0 radical (unpaired) electrons. The van der Waals surface area contributed by atoms with Crippen molar-refractivity contribution in [2.75, 3.05) is 0 Å². The fraction of sp³-hybridized carbons (Fsp3) is 0.407. The van der Waals surface area contributed by atoms with Gasteiger partial charge in [-0.05, 0) is 53.5 Å². The Bertz CT molecular complexity index is 698. The minimum Gasteiger partial charge on any atom is -0.405 e. The van der Waals surface area contributed by atoms with Crippen molar-refractivity contribution in [3.63, 3.8) is 0 Å². The molecule has 0 aliphatic heterocycles. The smallest absolute Gasteiger partial charge is 0.0132 e. The lowest BCUT2D eigenvalue weighted by Gasteiger charge is -2.26. The minimum atomic E-state index is 0.0757. The van der Waals surface area contributed by atoms with Crippen molar-refractivity contribution in [2.45, 2.75) is 61.3 Å². The van der Waals surface area contributed by atoms with Gasteiger partial charge < -0.3 is 5.73 Å². The highest BCUT2D eigenvalue weighted by atomic mass is 14.5. The molecular weight excluding hydrogens is 338 g/mol. The maximum atomic E-state index is 4.61. The van der Waals surface area contributed by atoms with E-state index in [0.717, 1.165) is 12.8 Å². The quantitative estimate of drug-likeness (QED) is 0.503. The fourth-order valence-electron chi connectivity index (χ4n) is 2.58. The van der Waals surface area contributed by atoms with Gasteiger partial charge in [0.05, 0.1) is 0 Å². The van der Waals surface area contributed by atoms with Crippen LogP contribution in [0.5, 0.6) is 0 Å². The normalized spacial score (nSPS) is 12.7. The molecule has 0 atom stereocenters. The van der Waals surface area contributed by atoms with Crippen molar-refractivity contribution in [1.29, 1.82) is 0 Å². The minimum absolute atomic E-state index is 0.0757. The van der Waals surface area contributed by atoms with Crippen LogP contribution in [-0.4, -0.2) is 0 Å². The van der Waals surface area contributed by atoms with Crippen LogP contribution < -0.4 is 5.73 Å². The Hall–Kier alpha value is -2.28. The van der Waals surface area contributed by atoms with Crippen LogP contribution in [0.3, 0.4) is 0 Å². The van der Waals surface area contributed by atoms with Gasteiger partial charge in [0.1, 0.15) is 0 Å². The second-order valence-electron chi connectivity index (χ2n) is 9.28. The number of hydrogen-bond donors (Lipinski definition) is 1. The lowest BCUT2D eigenvalue weighted by molar-refractivity contribution is 0.498. The summed E-state index contributed by atoms with van der Waals surface area (Å²) in [6.07, 6.45) is 9.81. The average molecular weight is 380 g/mol. The highest BCUT2D eigenvalue weighted by molar-refractivity contribution is 5.39. The molecule has 1 rings (SSSR count). The van der Waals surface area contributed by atoms with Gasteiger partial charge >= 0.3 is 0 Å². The molecule has 0 heterocycles. The molecule has 2 N–H and O–H groups in total. The summed E-state index contributed by atoms with van der Waals surface area (Å²) in [6.45, 7) is 27.0. The zero-order valence-corrected chi connectivity index (χ0v) is 19.2. The zero-order valence-electron chi connectivity index (χ0n) is 19.2. The molecule has 0 bridgehead atoms. The Labute approximate surface area is 174 Å². The third-order valence-corrected chi connectivity index (χ3v) is 4.48. The molecule has 0 aliphatic rings. The van der Waals surface area contributed by atoms with Crippen LogP contribution in [0, 0.1) is 17.8 Å². The van der Waals surface area contributed by atoms with E-state index < -0.39 is 0 Å². The summed E-state index contributed by atoms with van der Waals surface area (Å²) in [6, 6.07) is 8.78. The van der Waals surface area contributed by atoms with Crippen molar-refractivity contribution >= 4 is 0 Å². The molecule has 0 aliphatic carbocycles. The summed E-state index contributed by atoms with van der Waals surface area (Å²) in [4.78, 5) is 0. The molecule has 1 nitrogen and oxygen atoms in total. The van der Waals surface area contributed by atoms with Crippen LogP contribution in [0.4, 0.5) is 0 Å². The van der Waals surface area contributed by atoms with E-state index in [1.807, 2.05) is 6.08 Å². The molecule has 0 saturated carbocycles. The van der Waals surface area contributed by atoms with E-state index in [1.165, 1.54) is 34.0 Å². The number of allylic oxidation sites excluding steroid dienone is 6. The molecule has 1 aromatic carbocycles. The first-order valence-electron chi connectivity index (χ1n) is 9.98. The van der Waals surface area contributed by atoms with Crippen LogP contribution in [0.25, 0.3) is 0 Å². The van der Waals surface area contributed by atoms with Gasteiger partial charge in [0.25, 0.3) is 0 Å². The van der Waals surface area contributed by atoms with Gasteiger partial charge in [-0.1, -0.05) is 115 Å². The molecule has 0 spiro atoms. The second kappa shape index (κ2) is 11.5. The molecular formula is C27H41N. The molecule has 0 amide bonds.